The highest BCUT2D eigenvalue weighted by Gasteiger charge is 2.22. The largest absolute Gasteiger partial charge is 0.488 e. The zero-order valence-electron chi connectivity index (χ0n) is 11.1. The molecule has 0 heterocycles. The van der Waals surface area contributed by atoms with Gasteiger partial charge in [-0.3, -0.25) is 0 Å². The van der Waals surface area contributed by atoms with E-state index in [-0.39, 0.29) is 26.4 Å². The molecule has 1 atom stereocenters. The normalized spacial score (nSPS) is 13.3. The predicted molar refractivity (Wildman–Crippen MR) is 78.5 cm³/mol. The molecule has 114 valence electrons. The smallest absolute Gasteiger partial charge is 0.156 e. The predicted octanol–water partition coefficient (Wildman–Crippen LogP) is 1.07. The van der Waals surface area contributed by atoms with Crippen molar-refractivity contribution in [2.24, 2.45) is 0 Å². The Morgan fingerprint density at radius 2 is 1.80 bits per heavy atom. The molecule has 0 radical (unpaired) electrons. The molecule has 5 nitrogen and oxygen atoms in total. The first-order valence-electron chi connectivity index (χ1n) is 6.13. The second-order valence-corrected chi connectivity index (χ2v) is 5.59. The maximum Gasteiger partial charge on any atom is 0.156 e. The standard InChI is InChI=1S/C13H19Cl2NO4/c1-13(7-17,8-18)16-5-9(19)6-20-12-10(14)3-2-4-11(12)15/h2-4,9,16-19H,5-8H2,1H3. The van der Waals surface area contributed by atoms with E-state index in [1.54, 1.807) is 25.1 Å². The third-order valence-electron chi connectivity index (χ3n) is 2.80. The minimum atomic E-state index is -0.844. The number of hydrogen-bond donors (Lipinski definition) is 4. The molecule has 0 aliphatic carbocycles. The van der Waals surface area contributed by atoms with E-state index >= 15 is 0 Å². The summed E-state index contributed by atoms with van der Waals surface area (Å²) in [4.78, 5) is 0. The maximum atomic E-state index is 9.81. The summed E-state index contributed by atoms with van der Waals surface area (Å²) in [5.74, 6) is 0.321. The Morgan fingerprint density at radius 1 is 1.25 bits per heavy atom. The minimum Gasteiger partial charge on any atom is -0.488 e. The first kappa shape index (κ1) is 17.5. The van der Waals surface area contributed by atoms with E-state index in [4.69, 9.17) is 38.2 Å². The fourth-order valence-electron chi connectivity index (χ4n) is 1.38. The van der Waals surface area contributed by atoms with Gasteiger partial charge in [-0.25, -0.2) is 0 Å². The summed E-state index contributed by atoms with van der Waals surface area (Å²) >= 11 is 11.9. The average Bonchev–Trinajstić information content (AvgIpc) is 2.44. The van der Waals surface area contributed by atoms with E-state index < -0.39 is 11.6 Å². The van der Waals surface area contributed by atoms with E-state index in [9.17, 15) is 5.11 Å². The lowest BCUT2D eigenvalue weighted by atomic mass is 10.1. The molecular formula is C13H19Cl2NO4. The third-order valence-corrected chi connectivity index (χ3v) is 3.40. The van der Waals surface area contributed by atoms with Crippen molar-refractivity contribution in [2.45, 2.75) is 18.6 Å². The van der Waals surface area contributed by atoms with E-state index in [0.29, 0.717) is 15.8 Å². The highest BCUT2D eigenvalue weighted by Crippen LogP contribution is 2.32. The van der Waals surface area contributed by atoms with Gasteiger partial charge < -0.3 is 25.4 Å². The summed E-state index contributed by atoms with van der Waals surface area (Å²) in [5, 5.41) is 31.6. The topological polar surface area (TPSA) is 82.0 Å². The van der Waals surface area contributed by atoms with Gasteiger partial charge in [0.05, 0.1) is 28.8 Å². The van der Waals surface area contributed by atoms with Crippen LogP contribution in [-0.2, 0) is 0 Å². The van der Waals surface area contributed by atoms with Crippen LogP contribution in [0.5, 0.6) is 5.75 Å². The van der Waals surface area contributed by atoms with Crippen molar-refractivity contribution in [3.05, 3.63) is 28.2 Å². The molecule has 0 aliphatic rings. The van der Waals surface area contributed by atoms with Crippen LogP contribution in [0.4, 0.5) is 0 Å². The number of para-hydroxylation sites is 1. The van der Waals surface area contributed by atoms with Gasteiger partial charge in [0.2, 0.25) is 0 Å². The van der Waals surface area contributed by atoms with Crippen LogP contribution < -0.4 is 10.1 Å². The lowest BCUT2D eigenvalue weighted by molar-refractivity contribution is 0.0666. The van der Waals surface area contributed by atoms with Crippen LogP contribution in [0.25, 0.3) is 0 Å². The average molecular weight is 324 g/mol. The molecule has 0 saturated heterocycles. The summed E-state index contributed by atoms with van der Waals surface area (Å²) in [5.41, 5.74) is -0.844. The number of ether oxygens (including phenoxy) is 1. The van der Waals surface area contributed by atoms with Crippen molar-refractivity contribution in [3.8, 4) is 5.75 Å². The first-order valence-corrected chi connectivity index (χ1v) is 6.89. The highest BCUT2D eigenvalue weighted by molar-refractivity contribution is 6.37. The van der Waals surface area contributed by atoms with E-state index in [1.807, 2.05) is 0 Å². The number of aliphatic hydroxyl groups excluding tert-OH is 3. The van der Waals surface area contributed by atoms with Crippen LogP contribution in [0.2, 0.25) is 10.0 Å². The second-order valence-electron chi connectivity index (χ2n) is 4.77. The lowest BCUT2D eigenvalue weighted by Crippen LogP contribution is -2.52. The molecule has 1 aromatic rings. The van der Waals surface area contributed by atoms with Crippen LogP contribution >= 0.6 is 23.2 Å². The molecule has 0 spiro atoms. The van der Waals surface area contributed by atoms with Crippen LogP contribution in [0.1, 0.15) is 6.92 Å². The highest BCUT2D eigenvalue weighted by atomic mass is 35.5. The molecule has 0 amide bonds. The quantitative estimate of drug-likeness (QED) is 0.575. The fraction of sp³-hybridized carbons (Fsp3) is 0.538. The van der Waals surface area contributed by atoms with Gasteiger partial charge >= 0.3 is 0 Å². The second kappa shape index (κ2) is 8.02. The molecule has 1 aromatic carbocycles. The Labute approximate surface area is 128 Å². The van der Waals surface area contributed by atoms with Gasteiger partial charge in [-0.05, 0) is 19.1 Å². The molecule has 7 heteroatoms. The molecule has 4 N–H and O–H groups in total. The zero-order valence-corrected chi connectivity index (χ0v) is 12.7. The van der Waals surface area contributed by atoms with Gasteiger partial charge in [0.15, 0.2) is 5.75 Å². The number of rotatable bonds is 8. The van der Waals surface area contributed by atoms with Gasteiger partial charge in [-0.1, -0.05) is 29.3 Å². The molecule has 1 rings (SSSR count). The number of benzene rings is 1. The van der Waals surface area contributed by atoms with Crippen molar-refractivity contribution in [2.75, 3.05) is 26.4 Å². The first-order chi connectivity index (χ1) is 9.41. The zero-order chi connectivity index (χ0) is 15.2. The van der Waals surface area contributed by atoms with Gasteiger partial charge in [-0.2, -0.15) is 0 Å². The Balaban J connectivity index is 2.46. The molecular weight excluding hydrogens is 305 g/mol. The van der Waals surface area contributed by atoms with Crippen molar-refractivity contribution in [1.82, 2.24) is 5.32 Å². The fourth-order valence-corrected chi connectivity index (χ4v) is 1.89. The van der Waals surface area contributed by atoms with Crippen LogP contribution in [0.15, 0.2) is 18.2 Å². The van der Waals surface area contributed by atoms with Gasteiger partial charge in [-0.15, -0.1) is 0 Å². The maximum absolute atomic E-state index is 9.81. The molecule has 1 unspecified atom stereocenters. The number of aliphatic hydroxyl groups is 3. The van der Waals surface area contributed by atoms with Crippen LogP contribution in [-0.4, -0.2) is 53.3 Å². The Bertz CT molecular complexity index is 407. The molecule has 0 saturated carbocycles. The molecule has 0 aliphatic heterocycles. The van der Waals surface area contributed by atoms with Gasteiger partial charge in [0, 0.05) is 6.54 Å². The Hall–Kier alpha value is -0.560. The third kappa shape index (κ3) is 5.09. The van der Waals surface area contributed by atoms with Gasteiger partial charge in [0.1, 0.15) is 12.7 Å². The van der Waals surface area contributed by atoms with E-state index in [2.05, 4.69) is 5.32 Å². The number of halogens is 2. The van der Waals surface area contributed by atoms with Gasteiger partial charge in [0.25, 0.3) is 0 Å². The molecule has 20 heavy (non-hydrogen) atoms. The van der Waals surface area contributed by atoms with Crippen molar-refractivity contribution in [3.63, 3.8) is 0 Å². The SMILES string of the molecule is CC(CO)(CO)NCC(O)COc1c(Cl)cccc1Cl. The van der Waals surface area contributed by atoms with E-state index in [0.717, 1.165) is 0 Å². The Kier molecular flexibility index (Phi) is 7.02. The molecule has 0 bridgehead atoms. The summed E-state index contributed by atoms with van der Waals surface area (Å²) < 4.78 is 5.38. The summed E-state index contributed by atoms with van der Waals surface area (Å²) in [6, 6.07) is 4.98. The summed E-state index contributed by atoms with van der Waals surface area (Å²) in [7, 11) is 0. The van der Waals surface area contributed by atoms with E-state index in [1.165, 1.54) is 0 Å². The monoisotopic (exact) mass is 323 g/mol. The van der Waals surface area contributed by atoms with Crippen molar-refractivity contribution >= 4 is 23.2 Å². The van der Waals surface area contributed by atoms with Crippen molar-refractivity contribution < 1.29 is 20.1 Å². The number of hydrogen-bond acceptors (Lipinski definition) is 5. The minimum absolute atomic E-state index is 0.0105. The number of nitrogens with one attached hydrogen (secondary N) is 1. The Morgan fingerprint density at radius 3 is 2.30 bits per heavy atom. The number of β-amino-alcohol motifs (C(OH)–C–C–N with tert-alkyl or cyclic N) is 1. The van der Waals surface area contributed by atoms with Crippen molar-refractivity contribution in [1.29, 1.82) is 0 Å². The van der Waals surface area contributed by atoms with Crippen LogP contribution in [0, 0.1) is 0 Å². The lowest BCUT2D eigenvalue weighted by Gasteiger charge is -2.27. The molecule has 0 fully saturated rings. The summed E-state index contributed by atoms with van der Waals surface area (Å²) in [6.45, 7) is 1.30. The molecule has 0 aromatic heterocycles. The summed E-state index contributed by atoms with van der Waals surface area (Å²) in [6.07, 6.45) is -0.834. The van der Waals surface area contributed by atoms with Crippen LogP contribution in [0.3, 0.4) is 0 Å².